The molecular weight excluding hydrogens is 210 g/mol. The Hall–Kier alpha value is -0.860. The van der Waals surface area contributed by atoms with Gasteiger partial charge in [-0.1, -0.05) is 23.8 Å². The third-order valence-electron chi connectivity index (χ3n) is 3.74. The van der Waals surface area contributed by atoms with Gasteiger partial charge < -0.3 is 10.5 Å². The van der Waals surface area contributed by atoms with Crippen LogP contribution in [0.25, 0.3) is 0 Å². The van der Waals surface area contributed by atoms with Gasteiger partial charge in [-0.25, -0.2) is 0 Å². The number of aryl methyl sites for hydroxylation is 2. The van der Waals surface area contributed by atoms with Crippen LogP contribution in [0.5, 0.6) is 0 Å². The zero-order valence-corrected chi connectivity index (χ0v) is 11.1. The second kappa shape index (κ2) is 5.19. The first kappa shape index (κ1) is 12.6. The van der Waals surface area contributed by atoms with Crippen LogP contribution in [0.3, 0.4) is 0 Å². The Morgan fingerprint density at radius 1 is 1.35 bits per heavy atom. The lowest BCUT2D eigenvalue weighted by atomic mass is 9.95. The highest BCUT2D eigenvalue weighted by molar-refractivity contribution is 5.31. The topological polar surface area (TPSA) is 35.2 Å². The lowest BCUT2D eigenvalue weighted by Gasteiger charge is -2.23. The summed E-state index contributed by atoms with van der Waals surface area (Å²) in [6.07, 6.45) is 3.70. The van der Waals surface area contributed by atoms with Crippen LogP contribution >= 0.6 is 0 Å². The maximum atomic E-state index is 6.30. The van der Waals surface area contributed by atoms with E-state index >= 15 is 0 Å². The van der Waals surface area contributed by atoms with Crippen molar-refractivity contribution in [3.05, 3.63) is 34.9 Å². The van der Waals surface area contributed by atoms with Crippen molar-refractivity contribution in [1.82, 2.24) is 0 Å². The van der Waals surface area contributed by atoms with Gasteiger partial charge in [0, 0.05) is 13.2 Å². The van der Waals surface area contributed by atoms with E-state index in [1.165, 1.54) is 29.5 Å². The molecule has 0 amide bonds. The van der Waals surface area contributed by atoms with Crippen molar-refractivity contribution < 1.29 is 4.74 Å². The fourth-order valence-corrected chi connectivity index (χ4v) is 2.53. The summed E-state index contributed by atoms with van der Waals surface area (Å²) < 4.78 is 5.55. The minimum atomic E-state index is 0.119. The third-order valence-corrected chi connectivity index (χ3v) is 3.74. The Labute approximate surface area is 104 Å². The number of rotatable bonds is 5. The van der Waals surface area contributed by atoms with Crippen LogP contribution in [0.1, 0.15) is 29.5 Å². The normalized spacial score (nSPS) is 19.1. The largest absolute Gasteiger partial charge is 0.380 e. The zero-order chi connectivity index (χ0) is 12.4. The summed E-state index contributed by atoms with van der Waals surface area (Å²) >= 11 is 0. The van der Waals surface area contributed by atoms with Gasteiger partial charge in [0.05, 0.1) is 6.10 Å². The Bertz CT molecular complexity index is 385. The Morgan fingerprint density at radius 3 is 2.65 bits per heavy atom. The first-order valence-corrected chi connectivity index (χ1v) is 6.46. The molecule has 2 rings (SSSR count). The Kier molecular flexibility index (Phi) is 3.85. The van der Waals surface area contributed by atoms with E-state index in [0.29, 0.717) is 5.92 Å². The molecule has 1 aliphatic rings. The van der Waals surface area contributed by atoms with Gasteiger partial charge in [-0.05, 0) is 50.2 Å². The summed E-state index contributed by atoms with van der Waals surface area (Å²) in [6, 6.07) is 6.69. The predicted octanol–water partition coefficient (Wildman–Crippen LogP) is 2.60. The highest BCUT2D eigenvalue weighted by Crippen LogP contribution is 2.35. The van der Waals surface area contributed by atoms with E-state index in [1.807, 2.05) is 0 Å². The summed E-state index contributed by atoms with van der Waals surface area (Å²) in [7, 11) is 1.78. The molecule has 1 saturated carbocycles. The molecule has 1 fully saturated rings. The van der Waals surface area contributed by atoms with Gasteiger partial charge in [-0.15, -0.1) is 0 Å². The SMILES string of the molecule is COC(C(N)Cc1cc(C)ccc1C)C1CC1. The molecule has 0 radical (unpaired) electrons. The summed E-state index contributed by atoms with van der Waals surface area (Å²) in [6.45, 7) is 4.28. The first-order valence-electron chi connectivity index (χ1n) is 6.46. The smallest absolute Gasteiger partial charge is 0.0753 e. The summed E-state index contributed by atoms with van der Waals surface area (Å²) in [4.78, 5) is 0. The average molecular weight is 233 g/mol. The van der Waals surface area contributed by atoms with Crippen LogP contribution in [-0.2, 0) is 11.2 Å². The Morgan fingerprint density at radius 2 is 2.06 bits per heavy atom. The second-order valence-electron chi connectivity index (χ2n) is 5.34. The number of methoxy groups -OCH3 is 1. The molecule has 0 aliphatic heterocycles. The number of nitrogens with two attached hydrogens (primary N) is 1. The van der Waals surface area contributed by atoms with Gasteiger partial charge in [0.1, 0.15) is 0 Å². The van der Waals surface area contributed by atoms with Crippen LogP contribution in [0.15, 0.2) is 18.2 Å². The van der Waals surface area contributed by atoms with E-state index in [9.17, 15) is 0 Å². The molecule has 0 saturated heterocycles. The minimum Gasteiger partial charge on any atom is -0.380 e. The molecule has 1 aromatic carbocycles. The maximum Gasteiger partial charge on any atom is 0.0753 e. The molecule has 1 aliphatic carbocycles. The van der Waals surface area contributed by atoms with E-state index in [0.717, 1.165) is 6.42 Å². The molecule has 94 valence electrons. The van der Waals surface area contributed by atoms with Gasteiger partial charge in [0.2, 0.25) is 0 Å². The lowest BCUT2D eigenvalue weighted by molar-refractivity contribution is 0.0626. The molecule has 0 bridgehead atoms. The van der Waals surface area contributed by atoms with Crippen molar-refractivity contribution in [2.24, 2.45) is 11.7 Å². The van der Waals surface area contributed by atoms with Crippen molar-refractivity contribution >= 4 is 0 Å². The maximum absolute atomic E-state index is 6.30. The molecule has 2 unspecified atom stereocenters. The molecule has 1 aromatic rings. The quantitative estimate of drug-likeness (QED) is 0.848. The molecular formula is C15H23NO. The molecule has 0 spiro atoms. The summed E-state index contributed by atoms with van der Waals surface area (Å²) in [5.74, 6) is 0.695. The molecule has 2 atom stereocenters. The molecule has 2 nitrogen and oxygen atoms in total. The highest BCUT2D eigenvalue weighted by atomic mass is 16.5. The van der Waals surface area contributed by atoms with Gasteiger partial charge in [0.25, 0.3) is 0 Å². The van der Waals surface area contributed by atoms with Crippen molar-refractivity contribution in [2.75, 3.05) is 7.11 Å². The van der Waals surface area contributed by atoms with E-state index in [-0.39, 0.29) is 12.1 Å². The number of benzene rings is 1. The van der Waals surface area contributed by atoms with Crippen molar-refractivity contribution in [2.45, 2.75) is 45.3 Å². The van der Waals surface area contributed by atoms with E-state index in [4.69, 9.17) is 10.5 Å². The Balaban J connectivity index is 2.05. The fraction of sp³-hybridized carbons (Fsp3) is 0.600. The van der Waals surface area contributed by atoms with E-state index in [1.54, 1.807) is 7.11 Å². The zero-order valence-electron chi connectivity index (χ0n) is 11.1. The number of hydrogen-bond acceptors (Lipinski definition) is 2. The minimum absolute atomic E-state index is 0.119. The van der Waals surface area contributed by atoms with Crippen LogP contribution in [0.4, 0.5) is 0 Å². The number of hydrogen-bond donors (Lipinski definition) is 1. The molecule has 0 heterocycles. The monoisotopic (exact) mass is 233 g/mol. The van der Waals surface area contributed by atoms with Crippen molar-refractivity contribution in [3.8, 4) is 0 Å². The summed E-state index contributed by atoms with van der Waals surface area (Å²) in [5.41, 5.74) is 10.3. The van der Waals surface area contributed by atoms with Gasteiger partial charge in [-0.3, -0.25) is 0 Å². The van der Waals surface area contributed by atoms with Gasteiger partial charge >= 0.3 is 0 Å². The van der Waals surface area contributed by atoms with Crippen LogP contribution in [0.2, 0.25) is 0 Å². The highest BCUT2D eigenvalue weighted by Gasteiger charge is 2.35. The second-order valence-corrected chi connectivity index (χ2v) is 5.34. The van der Waals surface area contributed by atoms with Gasteiger partial charge in [-0.2, -0.15) is 0 Å². The predicted molar refractivity (Wildman–Crippen MR) is 71.1 cm³/mol. The molecule has 17 heavy (non-hydrogen) atoms. The third kappa shape index (κ3) is 3.08. The fourth-order valence-electron chi connectivity index (χ4n) is 2.53. The van der Waals surface area contributed by atoms with Gasteiger partial charge in [0.15, 0.2) is 0 Å². The molecule has 0 aromatic heterocycles. The number of ether oxygens (including phenoxy) is 1. The standard InChI is InChI=1S/C15H23NO/c1-10-4-5-11(2)13(8-10)9-14(16)15(17-3)12-6-7-12/h4-5,8,12,14-15H,6-7,9,16H2,1-3H3. The van der Waals surface area contributed by atoms with E-state index in [2.05, 4.69) is 32.0 Å². The summed E-state index contributed by atoms with van der Waals surface area (Å²) in [5, 5.41) is 0. The van der Waals surface area contributed by atoms with Crippen LogP contribution in [-0.4, -0.2) is 19.3 Å². The van der Waals surface area contributed by atoms with Crippen LogP contribution < -0.4 is 5.73 Å². The average Bonchev–Trinajstić information content (AvgIpc) is 3.09. The van der Waals surface area contributed by atoms with Crippen molar-refractivity contribution in [3.63, 3.8) is 0 Å². The lowest BCUT2D eigenvalue weighted by Crippen LogP contribution is -2.39. The molecule has 2 N–H and O–H groups in total. The van der Waals surface area contributed by atoms with Crippen LogP contribution in [0, 0.1) is 19.8 Å². The first-order chi connectivity index (χ1) is 8.11. The molecule has 2 heteroatoms. The van der Waals surface area contributed by atoms with E-state index < -0.39 is 0 Å². The van der Waals surface area contributed by atoms with Crippen molar-refractivity contribution in [1.29, 1.82) is 0 Å².